The van der Waals surface area contributed by atoms with Gasteiger partial charge >= 0.3 is 0 Å². The molecule has 0 radical (unpaired) electrons. The minimum atomic E-state index is -0.274. The van der Waals surface area contributed by atoms with Crippen LogP contribution in [0.15, 0.2) is 34.2 Å². The SMILES string of the molecule is N#Cc1cccc(C(=O)Nc2ncc(Br)s2)c1. The fourth-order valence-corrected chi connectivity index (χ4v) is 2.31. The van der Waals surface area contributed by atoms with E-state index in [1.165, 1.54) is 17.4 Å². The standard InChI is InChI=1S/C11H6BrN3OS/c12-9-6-14-11(17-9)15-10(16)8-3-1-2-7(4-8)5-13/h1-4,6H,(H,14,15,16). The van der Waals surface area contributed by atoms with Crippen molar-refractivity contribution >= 4 is 38.3 Å². The number of nitriles is 1. The number of thiazole rings is 1. The van der Waals surface area contributed by atoms with Crippen LogP contribution in [0.1, 0.15) is 15.9 Å². The van der Waals surface area contributed by atoms with Crippen LogP contribution in [-0.2, 0) is 0 Å². The summed E-state index contributed by atoms with van der Waals surface area (Å²) in [5.74, 6) is -0.274. The maximum Gasteiger partial charge on any atom is 0.257 e. The third kappa shape index (κ3) is 2.90. The van der Waals surface area contributed by atoms with Gasteiger partial charge in [-0.2, -0.15) is 5.26 Å². The number of hydrogen-bond donors (Lipinski definition) is 1. The highest BCUT2D eigenvalue weighted by atomic mass is 79.9. The summed E-state index contributed by atoms with van der Waals surface area (Å²) in [6.07, 6.45) is 1.62. The predicted molar refractivity (Wildman–Crippen MR) is 68.9 cm³/mol. The highest BCUT2D eigenvalue weighted by Gasteiger charge is 2.08. The van der Waals surface area contributed by atoms with Crippen molar-refractivity contribution in [1.29, 1.82) is 5.26 Å². The summed E-state index contributed by atoms with van der Waals surface area (Å²) in [6, 6.07) is 8.50. The van der Waals surface area contributed by atoms with Crippen LogP contribution in [0, 0.1) is 11.3 Å². The second-order valence-electron chi connectivity index (χ2n) is 3.12. The third-order valence-electron chi connectivity index (χ3n) is 1.95. The summed E-state index contributed by atoms with van der Waals surface area (Å²) >= 11 is 4.59. The lowest BCUT2D eigenvalue weighted by atomic mass is 10.1. The molecule has 2 rings (SSSR count). The highest BCUT2D eigenvalue weighted by molar-refractivity contribution is 9.11. The molecule has 0 fully saturated rings. The summed E-state index contributed by atoms with van der Waals surface area (Å²) in [5, 5.41) is 11.9. The van der Waals surface area contributed by atoms with Crippen LogP contribution in [0.2, 0.25) is 0 Å². The van der Waals surface area contributed by atoms with E-state index in [-0.39, 0.29) is 5.91 Å². The average molecular weight is 308 g/mol. The number of benzene rings is 1. The lowest BCUT2D eigenvalue weighted by molar-refractivity contribution is 0.102. The van der Waals surface area contributed by atoms with Gasteiger partial charge in [0, 0.05) is 5.56 Å². The fourth-order valence-electron chi connectivity index (χ4n) is 1.21. The van der Waals surface area contributed by atoms with Gasteiger partial charge in [0.25, 0.3) is 5.91 Å². The van der Waals surface area contributed by atoms with E-state index in [0.29, 0.717) is 16.3 Å². The Morgan fingerprint density at radius 3 is 3.00 bits per heavy atom. The Bertz CT molecular complexity index is 603. The largest absolute Gasteiger partial charge is 0.298 e. The van der Waals surface area contributed by atoms with Crippen molar-refractivity contribution in [3.8, 4) is 6.07 Å². The number of halogens is 1. The lowest BCUT2D eigenvalue weighted by Crippen LogP contribution is -2.11. The minimum Gasteiger partial charge on any atom is -0.298 e. The van der Waals surface area contributed by atoms with Crippen LogP contribution in [0.5, 0.6) is 0 Å². The van der Waals surface area contributed by atoms with Crippen LogP contribution in [-0.4, -0.2) is 10.9 Å². The van der Waals surface area contributed by atoms with E-state index in [0.717, 1.165) is 3.79 Å². The lowest BCUT2D eigenvalue weighted by Gasteiger charge is -2.01. The van der Waals surface area contributed by atoms with E-state index < -0.39 is 0 Å². The Morgan fingerprint density at radius 1 is 1.53 bits per heavy atom. The van der Waals surface area contributed by atoms with Crippen molar-refractivity contribution in [2.24, 2.45) is 0 Å². The van der Waals surface area contributed by atoms with Crippen molar-refractivity contribution in [3.05, 3.63) is 45.4 Å². The molecule has 0 spiro atoms. The van der Waals surface area contributed by atoms with Gasteiger partial charge in [-0.1, -0.05) is 17.4 Å². The van der Waals surface area contributed by atoms with Gasteiger partial charge in [0.05, 0.1) is 21.6 Å². The van der Waals surface area contributed by atoms with Gasteiger partial charge < -0.3 is 0 Å². The first-order valence-electron chi connectivity index (χ1n) is 4.62. The molecule has 17 heavy (non-hydrogen) atoms. The Hall–Kier alpha value is -1.71. The molecule has 0 saturated heterocycles. The summed E-state index contributed by atoms with van der Waals surface area (Å²) in [5.41, 5.74) is 0.897. The topological polar surface area (TPSA) is 65.8 Å². The Labute approximate surface area is 110 Å². The number of amides is 1. The van der Waals surface area contributed by atoms with Crippen LogP contribution < -0.4 is 5.32 Å². The summed E-state index contributed by atoms with van der Waals surface area (Å²) in [6.45, 7) is 0. The van der Waals surface area contributed by atoms with Gasteiger partial charge in [-0.25, -0.2) is 4.98 Å². The normalized spacial score (nSPS) is 9.65. The van der Waals surface area contributed by atoms with Gasteiger partial charge in [0.2, 0.25) is 0 Å². The number of carbonyl (C=O) groups is 1. The first kappa shape index (κ1) is 11.8. The van der Waals surface area contributed by atoms with Gasteiger partial charge in [-0.05, 0) is 34.1 Å². The quantitative estimate of drug-likeness (QED) is 0.927. The van der Waals surface area contributed by atoms with Gasteiger partial charge in [-0.15, -0.1) is 0 Å². The molecule has 0 aliphatic rings. The first-order valence-corrected chi connectivity index (χ1v) is 6.23. The molecule has 0 unspecified atom stereocenters. The maximum absolute atomic E-state index is 11.8. The maximum atomic E-state index is 11.8. The van der Waals surface area contributed by atoms with E-state index in [9.17, 15) is 4.79 Å². The molecule has 2 aromatic rings. The average Bonchev–Trinajstić information content (AvgIpc) is 2.75. The number of aromatic nitrogens is 1. The number of carbonyl (C=O) groups excluding carboxylic acids is 1. The van der Waals surface area contributed by atoms with E-state index in [4.69, 9.17) is 5.26 Å². The molecule has 1 N–H and O–H groups in total. The molecule has 0 atom stereocenters. The van der Waals surface area contributed by atoms with E-state index in [2.05, 4.69) is 26.2 Å². The number of rotatable bonds is 2. The Balaban J connectivity index is 2.17. The molecule has 0 bridgehead atoms. The number of hydrogen-bond acceptors (Lipinski definition) is 4. The third-order valence-corrected chi connectivity index (χ3v) is 3.34. The van der Waals surface area contributed by atoms with Crippen LogP contribution in [0.4, 0.5) is 5.13 Å². The molecule has 6 heteroatoms. The fraction of sp³-hybridized carbons (Fsp3) is 0. The number of anilines is 1. The Kier molecular flexibility index (Phi) is 3.52. The number of nitrogens with one attached hydrogen (secondary N) is 1. The number of nitrogens with zero attached hydrogens (tertiary/aromatic N) is 2. The first-order chi connectivity index (χ1) is 8.19. The Morgan fingerprint density at radius 2 is 2.35 bits per heavy atom. The van der Waals surface area contributed by atoms with Crippen LogP contribution >= 0.6 is 27.3 Å². The summed E-state index contributed by atoms with van der Waals surface area (Å²) < 4.78 is 0.846. The predicted octanol–water partition coefficient (Wildman–Crippen LogP) is 3.03. The zero-order valence-corrected chi connectivity index (χ0v) is 10.9. The molecule has 1 aromatic heterocycles. The zero-order valence-electron chi connectivity index (χ0n) is 8.48. The highest BCUT2D eigenvalue weighted by Crippen LogP contribution is 2.23. The monoisotopic (exact) mass is 307 g/mol. The van der Waals surface area contributed by atoms with E-state index in [1.54, 1.807) is 24.4 Å². The molecular formula is C11H6BrN3OS. The molecular weight excluding hydrogens is 302 g/mol. The van der Waals surface area contributed by atoms with Crippen molar-refractivity contribution in [2.75, 3.05) is 5.32 Å². The minimum absolute atomic E-state index is 0.274. The molecule has 1 heterocycles. The molecule has 0 aliphatic carbocycles. The molecule has 84 valence electrons. The summed E-state index contributed by atoms with van der Waals surface area (Å²) in [4.78, 5) is 15.8. The second kappa shape index (κ2) is 5.08. The smallest absolute Gasteiger partial charge is 0.257 e. The van der Waals surface area contributed by atoms with Crippen LogP contribution in [0.3, 0.4) is 0 Å². The van der Waals surface area contributed by atoms with E-state index in [1.807, 2.05) is 6.07 Å². The molecule has 0 saturated carbocycles. The van der Waals surface area contributed by atoms with Crippen molar-refractivity contribution in [2.45, 2.75) is 0 Å². The molecule has 0 aliphatic heterocycles. The van der Waals surface area contributed by atoms with Gasteiger partial charge in [0.15, 0.2) is 5.13 Å². The molecule has 4 nitrogen and oxygen atoms in total. The van der Waals surface area contributed by atoms with E-state index >= 15 is 0 Å². The van der Waals surface area contributed by atoms with Crippen molar-refractivity contribution in [3.63, 3.8) is 0 Å². The van der Waals surface area contributed by atoms with Gasteiger partial charge in [-0.3, -0.25) is 10.1 Å². The molecule has 1 aromatic carbocycles. The van der Waals surface area contributed by atoms with Crippen LogP contribution in [0.25, 0.3) is 0 Å². The second-order valence-corrected chi connectivity index (χ2v) is 5.53. The van der Waals surface area contributed by atoms with Gasteiger partial charge in [0.1, 0.15) is 0 Å². The molecule has 1 amide bonds. The van der Waals surface area contributed by atoms with Crippen molar-refractivity contribution < 1.29 is 4.79 Å². The summed E-state index contributed by atoms with van der Waals surface area (Å²) in [7, 11) is 0. The van der Waals surface area contributed by atoms with Crippen molar-refractivity contribution in [1.82, 2.24) is 4.98 Å². The zero-order chi connectivity index (χ0) is 12.3.